The van der Waals surface area contributed by atoms with Crippen molar-refractivity contribution in [1.82, 2.24) is 0 Å². The highest BCUT2D eigenvalue weighted by molar-refractivity contribution is 8.00. The number of amides is 2. The lowest BCUT2D eigenvalue weighted by molar-refractivity contribution is -0.116. The van der Waals surface area contributed by atoms with Gasteiger partial charge in [0.05, 0.1) is 19.3 Å². The average molecular weight is 475 g/mol. The minimum absolute atomic E-state index is 0.0556. The average Bonchev–Trinajstić information content (AvgIpc) is 3.20. The van der Waals surface area contributed by atoms with Crippen LogP contribution in [0.2, 0.25) is 0 Å². The summed E-state index contributed by atoms with van der Waals surface area (Å²) in [6.45, 7) is 6.53. The van der Waals surface area contributed by atoms with Crippen molar-refractivity contribution in [3.05, 3.63) is 89.5 Å². The Kier molecular flexibility index (Phi) is 6.98. The van der Waals surface area contributed by atoms with Gasteiger partial charge < -0.3 is 10.1 Å². The molecule has 34 heavy (non-hydrogen) atoms. The van der Waals surface area contributed by atoms with Crippen molar-refractivity contribution in [2.75, 3.05) is 23.1 Å². The fraction of sp³-hybridized carbons (Fsp3) is 0.286. The number of nitrogens with zero attached hydrogens (tertiary/aromatic N) is 1. The predicted molar refractivity (Wildman–Crippen MR) is 140 cm³/mol. The third-order valence-electron chi connectivity index (χ3n) is 5.86. The molecule has 1 atom stereocenters. The lowest BCUT2D eigenvalue weighted by atomic mass is 9.87. The van der Waals surface area contributed by atoms with E-state index in [2.05, 4.69) is 38.2 Å². The summed E-state index contributed by atoms with van der Waals surface area (Å²) in [5, 5.41) is 2.86. The van der Waals surface area contributed by atoms with E-state index in [1.165, 1.54) is 5.56 Å². The molecule has 0 unspecified atom stereocenters. The Balaban J connectivity index is 1.49. The molecule has 3 aromatic rings. The summed E-state index contributed by atoms with van der Waals surface area (Å²) < 4.78 is 5.17. The van der Waals surface area contributed by atoms with Crippen molar-refractivity contribution in [3.8, 4) is 5.75 Å². The molecular formula is C28H30N2O3S. The van der Waals surface area contributed by atoms with E-state index in [4.69, 9.17) is 4.74 Å². The fourth-order valence-corrected chi connectivity index (χ4v) is 5.14. The van der Waals surface area contributed by atoms with E-state index < -0.39 is 0 Å². The zero-order valence-corrected chi connectivity index (χ0v) is 20.8. The van der Waals surface area contributed by atoms with Crippen molar-refractivity contribution in [1.29, 1.82) is 0 Å². The first-order chi connectivity index (χ1) is 16.2. The van der Waals surface area contributed by atoms with Gasteiger partial charge in [-0.25, -0.2) is 0 Å². The summed E-state index contributed by atoms with van der Waals surface area (Å²) in [6.07, 6.45) is 0.275. The predicted octanol–water partition coefficient (Wildman–Crippen LogP) is 5.95. The molecule has 1 saturated heterocycles. The Morgan fingerprint density at radius 2 is 1.76 bits per heavy atom. The maximum absolute atomic E-state index is 12.8. The van der Waals surface area contributed by atoms with E-state index in [1.54, 1.807) is 18.9 Å². The molecule has 0 spiro atoms. The van der Waals surface area contributed by atoms with Gasteiger partial charge >= 0.3 is 0 Å². The topological polar surface area (TPSA) is 58.6 Å². The number of rotatable bonds is 6. The molecule has 5 nitrogen and oxygen atoms in total. The van der Waals surface area contributed by atoms with Gasteiger partial charge in [-0.3, -0.25) is 14.5 Å². The van der Waals surface area contributed by atoms with Gasteiger partial charge in [0, 0.05) is 11.4 Å². The summed E-state index contributed by atoms with van der Waals surface area (Å²) in [4.78, 5) is 27.2. The highest BCUT2D eigenvalue weighted by atomic mass is 32.2. The number of methoxy groups -OCH3 is 1. The number of carbonyl (C=O) groups is 2. The number of nitrogens with one attached hydrogen (secondary N) is 1. The number of carbonyl (C=O) groups excluding carboxylic acids is 2. The largest absolute Gasteiger partial charge is 0.497 e. The Morgan fingerprint density at radius 1 is 1.06 bits per heavy atom. The lowest BCUT2D eigenvalue weighted by Gasteiger charge is -2.26. The van der Waals surface area contributed by atoms with E-state index in [9.17, 15) is 9.59 Å². The second-order valence-electron chi connectivity index (χ2n) is 9.42. The third kappa shape index (κ3) is 5.45. The van der Waals surface area contributed by atoms with Crippen molar-refractivity contribution >= 4 is 35.0 Å². The summed E-state index contributed by atoms with van der Waals surface area (Å²) in [5.41, 5.74) is 4.80. The van der Waals surface area contributed by atoms with Gasteiger partial charge in [0.25, 0.3) is 0 Å². The summed E-state index contributed by atoms with van der Waals surface area (Å²) >= 11 is 1.60. The molecule has 1 N–H and O–H groups in total. The Labute approximate surface area is 205 Å². The monoisotopic (exact) mass is 474 g/mol. The van der Waals surface area contributed by atoms with E-state index in [1.807, 2.05) is 65.6 Å². The number of anilines is 2. The molecule has 0 radical (unpaired) electrons. The fourth-order valence-electron chi connectivity index (χ4n) is 3.98. The minimum atomic E-state index is -0.133. The molecule has 4 rings (SSSR count). The van der Waals surface area contributed by atoms with Gasteiger partial charge in [-0.1, -0.05) is 57.2 Å². The summed E-state index contributed by atoms with van der Waals surface area (Å²) in [6, 6.07) is 23.5. The van der Waals surface area contributed by atoms with Crippen LogP contribution >= 0.6 is 11.8 Å². The van der Waals surface area contributed by atoms with Gasteiger partial charge in [-0.2, -0.15) is 0 Å². The number of ether oxygens (including phenoxy) is 1. The number of hydrogen-bond acceptors (Lipinski definition) is 4. The van der Waals surface area contributed by atoms with Crippen molar-refractivity contribution in [2.45, 2.75) is 38.0 Å². The number of benzene rings is 3. The van der Waals surface area contributed by atoms with Gasteiger partial charge in [0.2, 0.25) is 11.8 Å². The molecule has 0 bridgehead atoms. The van der Waals surface area contributed by atoms with Gasteiger partial charge in [0.1, 0.15) is 11.1 Å². The highest BCUT2D eigenvalue weighted by Gasteiger charge is 2.34. The molecule has 2 amide bonds. The third-order valence-corrected chi connectivity index (χ3v) is 7.07. The minimum Gasteiger partial charge on any atom is -0.497 e. The number of hydrogen-bond donors (Lipinski definition) is 1. The van der Waals surface area contributed by atoms with Crippen LogP contribution < -0.4 is 15.0 Å². The van der Waals surface area contributed by atoms with Crippen molar-refractivity contribution in [3.63, 3.8) is 0 Å². The van der Waals surface area contributed by atoms with Gasteiger partial charge in [0.15, 0.2) is 0 Å². The quantitative estimate of drug-likeness (QED) is 0.479. The Morgan fingerprint density at radius 3 is 2.41 bits per heavy atom. The Hall–Kier alpha value is -3.25. The first-order valence-corrected chi connectivity index (χ1v) is 12.4. The molecule has 176 valence electrons. The van der Waals surface area contributed by atoms with E-state index in [0.29, 0.717) is 5.75 Å². The van der Waals surface area contributed by atoms with Crippen LogP contribution in [0.3, 0.4) is 0 Å². The Bertz CT molecular complexity index is 1170. The van der Waals surface area contributed by atoms with Gasteiger partial charge in [-0.15, -0.1) is 11.8 Å². The zero-order chi connectivity index (χ0) is 24.3. The second-order valence-corrected chi connectivity index (χ2v) is 10.5. The van der Waals surface area contributed by atoms with Crippen LogP contribution in [0.4, 0.5) is 11.4 Å². The molecule has 0 saturated carbocycles. The summed E-state index contributed by atoms with van der Waals surface area (Å²) in [5.74, 6) is 1.19. The van der Waals surface area contributed by atoms with Crippen LogP contribution in [0.25, 0.3) is 0 Å². The maximum atomic E-state index is 12.8. The molecule has 1 fully saturated rings. The maximum Gasteiger partial charge on any atom is 0.238 e. The van der Waals surface area contributed by atoms with Crippen LogP contribution in [0.1, 0.15) is 42.8 Å². The molecule has 1 heterocycles. The first kappa shape index (κ1) is 23.9. The molecule has 1 aliphatic heterocycles. The molecule has 0 aliphatic carbocycles. The zero-order valence-electron chi connectivity index (χ0n) is 20.0. The highest BCUT2D eigenvalue weighted by Crippen LogP contribution is 2.42. The van der Waals surface area contributed by atoms with Crippen LogP contribution in [0.15, 0.2) is 72.8 Å². The van der Waals surface area contributed by atoms with Crippen LogP contribution in [-0.4, -0.2) is 24.7 Å². The van der Waals surface area contributed by atoms with E-state index >= 15 is 0 Å². The van der Waals surface area contributed by atoms with Crippen LogP contribution in [-0.2, 0) is 21.4 Å². The first-order valence-electron chi connectivity index (χ1n) is 11.3. The lowest BCUT2D eigenvalue weighted by Crippen LogP contribution is -2.28. The standard InChI is InChI=1S/C28H30N2O3S/c1-28(2,3)21-10-12-23(13-11-21)30-26(32)18-34-27(30)20-6-5-7-22(17-20)29-25(31)16-19-8-14-24(33-4)15-9-19/h5-15,17,27H,16,18H2,1-4H3,(H,29,31)/t27-/m1/s1. The van der Waals surface area contributed by atoms with E-state index in [0.717, 1.165) is 28.3 Å². The molecular weight excluding hydrogens is 444 g/mol. The molecule has 6 heteroatoms. The molecule has 1 aliphatic rings. The van der Waals surface area contributed by atoms with Crippen molar-refractivity contribution in [2.24, 2.45) is 0 Å². The van der Waals surface area contributed by atoms with Crippen LogP contribution in [0, 0.1) is 0 Å². The van der Waals surface area contributed by atoms with Gasteiger partial charge in [-0.05, 0) is 58.5 Å². The normalized spacial score (nSPS) is 15.9. The number of thioether (sulfide) groups is 1. The van der Waals surface area contributed by atoms with Crippen LogP contribution in [0.5, 0.6) is 5.75 Å². The summed E-state index contributed by atoms with van der Waals surface area (Å²) in [7, 11) is 1.62. The van der Waals surface area contributed by atoms with Crippen molar-refractivity contribution < 1.29 is 14.3 Å². The smallest absolute Gasteiger partial charge is 0.238 e. The second kappa shape index (κ2) is 9.94. The van der Waals surface area contributed by atoms with E-state index in [-0.39, 0.29) is 29.0 Å². The molecule has 3 aromatic carbocycles. The molecule has 0 aromatic heterocycles. The SMILES string of the molecule is COc1ccc(CC(=O)Nc2cccc([C@H]3SCC(=O)N3c3ccc(C(C)(C)C)cc3)c2)cc1.